The number of rotatable bonds is 5. The fourth-order valence-electron chi connectivity index (χ4n) is 3.33. The van der Waals surface area contributed by atoms with Crippen molar-refractivity contribution in [3.05, 3.63) is 34.1 Å². The first-order valence-corrected chi connectivity index (χ1v) is 8.78. The van der Waals surface area contributed by atoms with Gasteiger partial charge in [-0.05, 0) is 85.5 Å². The number of hydrogen-bond acceptors (Lipinski definition) is 2. The predicted molar refractivity (Wildman–Crippen MR) is 90.0 cm³/mol. The van der Waals surface area contributed by atoms with Gasteiger partial charge in [0.15, 0.2) is 0 Å². The highest BCUT2D eigenvalue weighted by molar-refractivity contribution is 9.10. The molecule has 118 valence electrons. The van der Waals surface area contributed by atoms with E-state index in [2.05, 4.69) is 46.2 Å². The topological polar surface area (TPSA) is 15.3 Å². The summed E-state index contributed by atoms with van der Waals surface area (Å²) in [5.41, 5.74) is 1.10. The number of halogens is 2. The van der Waals surface area contributed by atoms with Crippen molar-refractivity contribution >= 4 is 15.9 Å². The van der Waals surface area contributed by atoms with E-state index in [-0.39, 0.29) is 5.82 Å². The number of nitrogens with zero attached hydrogens (tertiary/aromatic N) is 1. The molecule has 0 bridgehead atoms. The van der Waals surface area contributed by atoms with Crippen molar-refractivity contribution in [1.82, 2.24) is 10.2 Å². The highest BCUT2D eigenvalue weighted by Gasteiger charge is 2.29. The second kappa shape index (κ2) is 8.25. The lowest BCUT2D eigenvalue weighted by Crippen LogP contribution is -2.35. The van der Waals surface area contributed by atoms with Gasteiger partial charge in [0.1, 0.15) is 5.82 Å². The van der Waals surface area contributed by atoms with Crippen molar-refractivity contribution in [3.8, 4) is 0 Å². The van der Waals surface area contributed by atoms with Crippen LogP contribution in [0.3, 0.4) is 0 Å². The van der Waals surface area contributed by atoms with Crippen LogP contribution in [0.1, 0.15) is 44.2 Å². The first kappa shape index (κ1) is 16.9. The van der Waals surface area contributed by atoms with Gasteiger partial charge in [-0.15, -0.1) is 0 Å². The van der Waals surface area contributed by atoms with Crippen LogP contribution >= 0.6 is 15.9 Å². The average Bonchev–Trinajstić information content (AvgIpc) is 2.64. The zero-order valence-electron chi connectivity index (χ0n) is 13.0. The summed E-state index contributed by atoms with van der Waals surface area (Å²) < 4.78 is 14.5. The Morgan fingerprint density at radius 3 is 2.90 bits per heavy atom. The Balaban J connectivity index is 2.20. The quantitative estimate of drug-likeness (QED) is 0.788. The zero-order chi connectivity index (χ0) is 15.2. The van der Waals surface area contributed by atoms with Crippen molar-refractivity contribution in [2.75, 3.05) is 26.7 Å². The normalized spacial score (nSPS) is 24.0. The summed E-state index contributed by atoms with van der Waals surface area (Å²) >= 11 is 3.25. The number of likely N-dealkylation sites (tertiary alicyclic amines) is 1. The van der Waals surface area contributed by atoms with Crippen LogP contribution in [0.2, 0.25) is 0 Å². The molecule has 1 aromatic carbocycles. The second-order valence-corrected chi connectivity index (χ2v) is 6.91. The monoisotopic (exact) mass is 356 g/mol. The maximum Gasteiger partial charge on any atom is 0.137 e. The molecule has 21 heavy (non-hydrogen) atoms. The van der Waals surface area contributed by atoms with Crippen molar-refractivity contribution in [2.45, 2.75) is 38.6 Å². The molecule has 1 saturated heterocycles. The molecule has 2 unspecified atom stereocenters. The first-order valence-electron chi connectivity index (χ1n) is 7.99. The SMILES string of the molecule is CCCNCC1CCCCN(C)C1c1ccc(Br)c(F)c1. The van der Waals surface area contributed by atoms with E-state index in [1.165, 1.54) is 19.3 Å². The van der Waals surface area contributed by atoms with Crippen LogP contribution in [-0.4, -0.2) is 31.6 Å². The third kappa shape index (κ3) is 4.51. The average molecular weight is 357 g/mol. The molecule has 0 aliphatic carbocycles. The van der Waals surface area contributed by atoms with Crippen LogP contribution in [0.5, 0.6) is 0 Å². The molecule has 1 N–H and O–H groups in total. The van der Waals surface area contributed by atoms with E-state index in [1.807, 2.05) is 6.07 Å². The van der Waals surface area contributed by atoms with Crippen molar-refractivity contribution in [3.63, 3.8) is 0 Å². The van der Waals surface area contributed by atoms with Gasteiger partial charge in [0.25, 0.3) is 0 Å². The third-order valence-corrected chi connectivity index (χ3v) is 5.02. The molecule has 1 heterocycles. The molecule has 1 aromatic rings. The molecule has 1 aliphatic rings. The molecule has 2 atom stereocenters. The van der Waals surface area contributed by atoms with E-state index in [0.717, 1.165) is 31.6 Å². The molecule has 2 nitrogen and oxygen atoms in total. The van der Waals surface area contributed by atoms with Crippen LogP contribution in [0.25, 0.3) is 0 Å². The summed E-state index contributed by atoms with van der Waals surface area (Å²) in [4.78, 5) is 2.40. The fraction of sp³-hybridized carbons (Fsp3) is 0.647. The van der Waals surface area contributed by atoms with Crippen LogP contribution in [0, 0.1) is 11.7 Å². The van der Waals surface area contributed by atoms with Gasteiger partial charge >= 0.3 is 0 Å². The summed E-state index contributed by atoms with van der Waals surface area (Å²) in [6.07, 6.45) is 4.86. The van der Waals surface area contributed by atoms with Gasteiger partial charge in [0, 0.05) is 6.04 Å². The molecular weight excluding hydrogens is 331 g/mol. The Morgan fingerprint density at radius 2 is 2.19 bits per heavy atom. The molecule has 0 amide bonds. The molecule has 1 aliphatic heterocycles. The lowest BCUT2D eigenvalue weighted by molar-refractivity contribution is 0.189. The number of hydrogen-bond donors (Lipinski definition) is 1. The van der Waals surface area contributed by atoms with Gasteiger partial charge in [-0.3, -0.25) is 4.90 Å². The molecule has 1 fully saturated rings. The van der Waals surface area contributed by atoms with Crippen molar-refractivity contribution in [2.24, 2.45) is 5.92 Å². The van der Waals surface area contributed by atoms with Crippen molar-refractivity contribution in [1.29, 1.82) is 0 Å². The van der Waals surface area contributed by atoms with Crippen LogP contribution in [-0.2, 0) is 0 Å². The lowest BCUT2D eigenvalue weighted by Gasteiger charge is -2.33. The fourth-order valence-corrected chi connectivity index (χ4v) is 3.57. The van der Waals surface area contributed by atoms with Gasteiger partial charge < -0.3 is 5.32 Å². The summed E-state index contributed by atoms with van der Waals surface area (Å²) in [5.74, 6) is 0.384. The van der Waals surface area contributed by atoms with E-state index in [9.17, 15) is 4.39 Å². The summed E-state index contributed by atoms with van der Waals surface area (Å²) in [6.45, 7) is 5.35. The predicted octanol–water partition coefficient (Wildman–Crippen LogP) is 4.36. The molecule has 0 radical (unpaired) electrons. The molecule has 4 heteroatoms. The number of benzene rings is 1. The first-order chi connectivity index (χ1) is 10.1. The van der Waals surface area contributed by atoms with Gasteiger partial charge in [0.2, 0.25) is 0 Å². The number of nitrogens with one attached hydrogen (secondary N) is 1. The van der Waals surface area contributed by atoms with E-state index in [1.54, 1.807) is 6.07 Å². The highest BCUT2D eigenvalue weighted by atomic mass is 79.9. The smallest absolute Gasteiger partial charge is 0.137 e. The Morgan fingerprint density at radius 1 is 1.38 bits per heavy atom. The Hall–Kier alpha value is -0.450. The molecular formula is C17H26BrFN2. The second-order valence-electron chi connectivity index (χ2n) is 6.06. The largest absolute Gasteiger partial charge is 0.316 e. The minimum atomic E-state index is -0.162. The maximum absolute atomic E-state index is 13.9. The molecule has 0 saturated carbocycles. The Bertz CT molecular complexity index is 452. The van der Waals surface area contributed by atoms with Gasteiger partial charge in [-0.2, -0.15) is 0 Å². The van der Waals surface area contributed by atoms with Crippen LogP contribution < -0.4 is 5.32 Å². The minimum Gasteiger partial charge on any atom is -0.316 e. The zero-order valence-corrected chi connectivity index (χ0v) is 14.6. The van der Waals surface area contributed by atoms with Gasteiger partial charge in [-0.1, -0.05) is 19.4 Å². The Kier molecular flexibility index (Phi) is 6.65. The Labute approximate surface area is 136 Å². The van der Waals surface area contributed by atoms with Gasteiger partial charge in [-0.25, -0.2) is 4.39 Å². The van der Waals surface area contributed by atoms with E-state index in [0.29, 0.717) is 16.4 Å². The summed E-state index contributed by atoms with van der Waals surface area (Å²) in [6, 6.07) is 5.90. The maximum atomic E-state index is 13.9. The molecule has 2 rings (SSSR count). The summed E-state index contributed by atoms with van der Waals surface area (Å²) in [5, 5.41) is 3.55. The van der Waals surface area contributed by atoms with E-state index >= 15 is 0 Å². The van der Waals surface area contributed by atoms with E-state index in [4.69, 9.17) is 0 Å². The van der Waals surface area contributed by atoms with Gasteiger partial charge in [0.05, 0.1) is 4.47 Å². The highest BCUT2D eigenvalue weighted by Crippen LogP contribution is 2.35. The lowest BCUT2D eigenvalue weighted by atomic mass is 9.89. The van der Waals surface area contributed by atoms with Crippen LogP contribution in [0.15, 0.2) is 22.7 Å². The standard InChI is InChI=1S/C17H26BrFN2/c1-3-9-20-12-14-6-4-5-10-21(2)17(14)13-7-8-15(18)16(19)11-13/h7-8,11,14,17,20H,3-6,9-10,12H2,1-2H3. The molecule has 0 aromatic heterocycles. The molecule has 0 spiro atoms. The van der Waals surface area contributed by atoms with E-state index < -0.39 is 0 Å². The van der Waals surface area contributed by atoms with Crippen molar-refractivity contribution < 1.29 is 4.39 Å². The van der Waals surface area contributed by atoms with Crippen LogP contribution in [0.4, 0.5) is 4.39 Å². The third-order valence-electron chi connectivity index (χ3n) is 4.38. The summed E-state index contributed by atoms with van der Waals surface area (Å²) in [7, 11) is 2.17. The minimum absolute atomic E-state index is 0.162.